The van der Waals surface area contributed by atoms with Crippen molar-refractivity contribution in [3.05, 3.63) is 80.9 Å². The molecule has 0 saturated carbocycles. The Morgan fingerprint density at radius 1 is 0.960 bits per heavy atom. The molecule has 1 aromatic heterocycles. The van der Waals surface area contributed by atoms with E-state index in [9.17, 15) is 0 Å². The molecule has 0 amide bonds. The summed E-state index contributed by atoms with van der Waals surface area (Å²) in [6.07, 6.45) is 7.42. The minimum atomic E-state index is 0.234. The van der Waals surface area contributed by atoms with Crippen LogP contribution in [-0.2, 0) is 0 Å². The molecule has 4 heteroatoms. The molecule has 2 aromatic carbocycles. The van der Waals surface area contributed by atoms with Crippen LogP contribution in [0.25, 0.3) is 22.3 Å². The summed E-state index contributed by atoms with van der Waals surface area (Å²) in [6.45, 7) is 2.08. The Kier molecular flexibility index (Phi) is 4.57. The second-order valence-electron chi connectivity index (χ2n) is 6.25. The van der Waals surface area contributed by atoms with E-state index in [0.29, 0.717) is 0 Å². The van der Waals surface area contributed by atoms with Crippen LogP contribution in [0.2, 0.25) is 0 Å². The molecule has 25 heavy (non-hydrogen) atoms. The first-order valence-corrected chi connectivity index (χ1v) is 9.77. The number of hydrogen-bond donors (Lipinski definition) is 0. The number of aromatic nitrogens is 2. The van der Waals surface area contributed by atoms with E-state index in [-0.39, 0.29) is 5.92 Å². The summed E-state index contributed by atoms with van der Waals surface area (Å²) < 4.78 is 2.19. The van der Waals surface area contributed by atoms with E-state index in [0.717, 1.165) is 43.4 Å². The number of halogens is 2. The number of rotatable bonds is 2. The largest absolute Gasteiger partial charge is 0.248 e. The summed E-state index contributed by atoms with van der Waals surface area (Å²) in [5.74, 6) is 0.234. The molecule has 4 rings (SSSR count). The summed E-state index contributed by atoms with van der Waals surface area (Å²) in [6, 6.07) is 14.5. The number of aryl methyl sites for hydroxylation is 1. The smallest absolute Gasteiger partial charge is 0.0931 e. The third kappa shape index (κ3) is 3.46. The normalized spacial score (nSPS) is 16.9. The van der Waals surface area contributed by atoms with Gasteiger partial charge in [-0.2, -0.15) is 0 Å². The molecule has 1 aliphatic carbocycles. The molecule has 124 valence electrons. The molecule has 2 nitrogen and oxygen atoms in total. The maximum atomic E-state index is 4.99. The highest BCUT2D eigenvalue weighted by atomic mass is 79.9. The van der Waals surface area contributed by atoms with Gasteiger partial charge in [0.15, 0.2) is 0 Å². The number of nitrogens with zero attached hydrogens (tertiary/aromatic N) is 2. The number of benzene rings is 2. The van der Waals surface area contributed by atoms with Crippen molar-refractivity contribution in [2.45, 2.75) is 19.3 Å². The zero-order valence-electron chi connectivity index (χ0n) is 13.7. The van der Waals surface area contributed by atoms with Gasteiger partial charge in [0, 0.05) is 20.4 Å². The fraction of sp³-hybridized carbons (Fsp3) is 0.143. The Hall–Kier alpha value is -1.78. The Labute approximate surface area is 164 Å². The minimum absolute atomic E-state index is 0.234. The van der Waals surface area contributed by atoms with Crippen molar-refractivity contribution in [1.82, 2.24) is 9.97 Å². The van der Waals surface area contributed by atoms with Gasteiger partial charge in [0.25, 0.3) is 0 Å². The van der Waals surface area contributed by atoms with E-state index < -0.39 is 0 Å². The molecule has 1 heterocycles. The summed E-state index contributed by atoms with van der Waals surface area (Å²) in [4.78, 5) is 9.98. The molecule has 0 aliphatic heterocycles. The molecule has 0 radical (unpaired) electrons. The summed E-state index contributed by atoms with van der Waals surface area (Å²) >= 11 is 7.05. The highest BCUT2D eigenvalue weighted by Crippen LogP contribution is 2.34. The van der Waals surface area contributed by atoms with Crippen LogP contribution in [-0.4, -0.2) is 9.97 Å². The van der Waals surface area contributed by atoms with E-state index in [1.165, 1.54) is 5.56 Å². The fourth-order valence-electron chi connectivity index (χ4n) is 3.05. The maximum absolute atomic E-state index is 4.99. The van der Waals surface area contributed by atoms with Gasteiger partial charge in [0.2, 0.25) is 0 Å². The second-order valence-corrected chi connectivity index (χ2v) is 8.08. The lowest BCUT2D eigenvalue weighted by Crippen LogP contribution is -2.05. The quantitative estimate of drug-likeness (QED) is 0.430. The van der Waals surface area contributed by atoms with Crippen LogP contribution >= 0.6 is 31.9 Å². The molecule has 0 fully saturated rings. The van der Waals surface area contributed by atoms with E-state index in [1.807, 2.05) is 0 Å². The summed E-state index contributed by atoms with van der Waals surface area (Å²) in [5, 5.41) is 0. The first-order chi connectivity index (χ1) is 12.1. The lowest BCUT2D eigenvalue weighted by Gasteiger charge is -2.18. The van der Waals surface area contributed by atoms with Crippen molar-refractivity contribution in [2.24, 2.45) is 0 Å². The van der Waals surface area contributed by atoms with Crippen LogP contribution in [0.3, 0.4) is 0 Å². The van der Waals surface area contributed by atoms with Gasteiger partial charge in [0.1, 0.15) is 0 Å². The molecular weight excluding hydrogens is 440 g/mol. The zero-order chi connectivity index (χ0) is 17.4. The standard InChI is InChI=1S/C21H16Br2N2/c1-13-2-11-18-19(12-13)25-21(15-5-9-17(23)10-6-15)20(24-18)14-3-7-16(22)8-4-14/h2-3,5-12,14H,4H2,1H3. The topological polar surface area (TPSA) is 25.8 Å². The lowest BCUT2D eigenvalue weighted by atomic mass is 9.93. The third-order valence-electron chi connectivity index (χ3n) is 4.37. The van der Waals surface area contributed by atoms with E-state index >= 15 is 0 Å². The van der Waals surface area contributed by atoms with Crippen LogP contribution in [0.15, 0.2) is 69.6 Å². The van der Waals surface area contributed by atoms with E-state index in [2.05, 4.69) is 99.5 Å². The van der Waals surface area contributed by atoms with Gasteiger partial charge in [-0.15, -0.1) is 0 Å². The monoisotopic (exact) mass is 454 g/mol. The van der Waals surface area contributed by atoms with Gasteiger partial charge in [-0.05, 0) is 43.2 Å². The molecule has 3 aromatic rings. The van der Waals surface area contributed by atoms with Crippen LogP contribution in [0.4, 0.5) is 0 Å². The lowest BCUT2D eigenvalue weighted by molar-refractivity contribution is 0.817. The molecular formula is C21H16Br2N2. The average Bonchev–Trinajstić information content (AvgIpc) is 2.62. The number of fused-ring (bicyclic) bond motifs is 1. The predicted molar refractivity (Wildman–Crippen MR) is 111 cm³/mol. The Morgan fingerprint density at radius 3 is 2.48 bits per heavy atom. The highest BCUT2D eigenvalue weighted by Gasteiger charge is 2.19. The van der Waals surface area contributed by atoms with Gasteiger partial charge in [-0.25, -0.2) is 9.97 Å². The molecule has 0 saturated heterocycles. The van der Waals surface area contributed by atoms with Gasteiger partial charge in [0.05, 0.1) is 22.4 Å². The van der Waals surface area contributed by atoms with Gasteiger partial charge in [-0.1, -0.05) is 68.3 Å². The van der Waals surface area contributed by atoms with Crippen molar-refractivity contribution in [1.29, 1.82) is 0 Å². The van der Waals surface area contributed by atoms with Gasteiger partial charge < -0.3 is 0 Å². The van der Waals surface area contributed by atoms with E-state index in [4.69, 9.17) is 9.97 Å². The molecule has 0 bridgehead atoms. The highest BCUT2D eigenvalue weighted by molar-refractivity contribution is 9.12. The molecule has 1 atom stereocenters. The predicted octanol–water partition coefficient (Wildman–Crippen LogP) is 6.69. The SMILES string of the molecule is Cc1ccc2nc(C3C=CC(Br)=CC3)c(-c3ccc(Br)cc3)nc2c1. The van der Waals surface area contributed by atoms with Crippen LogP contribution in [0, 0.1) is 6.92 Å². The van der Waals surface area contributed by atoms with Crippen molar-refractivity contribution in [2.75, 3.05) is 0 Å². The summed E-state index contributed by atoms with van der Waals surface area (Å²) in [5.41, 5.74) is 6.18. The Balaban J connectivity index is 1.92. The van der Waals surface area contributed by atoms with Crippen LogP contribution < -0.4 is 0 Å². The van der Waals surface area contributed by atoms with E-state index in [1.54, 1.807) is 0 Å². The first kappa shape index (κ1) is 16.7. The van der Waals surface area contributed by atoms with Crippen molar-refractivity contribution >= 4 is 42.9 Å². The zero-order valence-corrected chi connectivity index (χ0v) is 16.9. The van der Waals surface area contributed by atoms with Crippen LogP contribution in [0.5, 0.6) is 0 Å². The first-order valence-electron chi connectivity index (χ1n) is 8.18. The molecule has 0 N–H and O–H groups in total. The van der Waals surface area contributed by atoms with Crippen molar-refractivity contribution in [3.8, 4) is 11.3 Å². The third-order valence-corrected chi connectivity index (χ3v) is 5.49. The minimum Gasteiger partial charge on any atom is -0.248 e. The molecule has 1 aliphatic rings. The molecule has 1 unspecified atom stereocenters. The summed E-state index contributed by atoms with van der Waals surface area (Å²) in [7, 11) is 0. The fourth-order valence-corrected chi connectivity index (χ4v) is 3.66. The van der Waals surface area contributed by atoms with Crippen LogP contribution in [0.1, 0.15) is 23.6 Å². The maximum Gasteiger partial charge on any atom is 0.0931 e. The second kappa shape index (κ2) is 6.85. The van der Waals surface area contributed by atoms with Crippen molar-refractivity contribution < 1.29 is 0 Å². The van der Waals surface area contributed by atoms with Gasteiger partial charge in [-0.3, -0.25) is 0 Å². The average molecular weight is 456 g/mol. The molecule has 0 spiro atoms. The van der Waals surface area contributed by atoms with Crippen molar-refractivity contribution in [3.63, 3.8) is 0 Å². The van der Waals surface area contributed by atoms with Gasteiger partial charge >= 0.3 is 0 Å². The Bertz CT molecular complexity index is 1000. The number of allylic oxidation sites excluding steroid dienone is 4. The Morgan fingerprint density at radius 2 is 1.76 bits per heavy atom. The number of hydrogen-bond acceptors (Lipinski definition) is 2.